The van der Waals surface area contributed by atoms with Crippen LogP contribution in [0.5, 0.6) is 0 Å². The average molecular weight is 713 g/mol. The number of carbonyl (C=O) groups excluding carboxylic acids is 2. The van der Waals surface area contributed by atoms with E-state index in [4.69, 9.17) is 16.6 Å². The molecule has 3 heterocycles. The molecule has 0 radical (unpaired) electrons. The zero-order valence-corrected chi connectivity index (χ0v) is 29.2. The number of benzene rings is 3. The molecule has 5 aromatic rings. The highest BCUT2D eigenvalue weighted by molar-refractivity contribution is 7.90. The van der Waals surface area contributed by atoms with E-state index in [0.717, 1.165) is 12.8 Å². The molecular formula is C36H37ClN8O4S. The maximum absolute atomic E-state index is 13.6. The molecule has 0 bridgehead atoms. The van der Waals surface area contributed by atoms with Crippen LogP contribution in [0.25, 0.3) is 22.2 Å². The van der Waals surface area contributed by atoms with Crippen molar-refractivity contribution < 1.29 is 18.0 Å². The molecule has 1 atom stereocenters. The molecule has 2 aromatic heterocycles. The molecular weight excluding hydrogens is 676 g/mol. The van der Waals surface area contributed by atoms with Gasteiger partial charge < -0.3 is 25.8 Å². The van der Waals surface area contributed by atoms with Gasteiger partial charge in [0.2, 0.25) is 11.9 Å². The predicted octanol–water partition coefficient (Wildman–Crippen LogP) is 6.15. The lowest BCUT2D eigenvalue weighted by Crippen LogP contribution is -2.47. The molecule has 1 unspecified atom stereocenters. The van der Waals surface area contributed by atoms with Crippen molar-refractivity contribution in [2.75, 3.05) is 49.7 Å². The van der Waals surface area contributed by atoms with E-state index in [0.29, 0.717) is 59.1 Å². The Morgan fingerprint density at radius 3 is 2.42 bits per heavy atom. The SMILES string of the molecule is CN(C)CC=CC(=O)Nc1ccc(NC(=O)N2CCCC(Nc3ncc(Cl)c(-c4cn(S(=O)(=O)c5ccccc5)c5ccccc45)n3)C2)cc1. The maximum Gasteiger partial charge on any atom is 0.321 e. The number of amides is 3. The molecule has 14 heteroatoms. The minimum absolute atomic E-state index is 0.138. The zero-order valence-electron chi connectivity index (χ0n) is 27.6. The van der Waals surface area contributed by atoms with Gasteiger partial charge in [-0.25, -0.2) is 27.2 Å². The first-order valence-electron chi connectivity index (χ1n) is 16.1. The summed E-state index contributed by atoms with van der Waals surface area (Å²) in [5.41, 5.74) is 2.65. The maximum atomic E-state index is 13.6. The van der Waals surface area contributed by atoms with Crippen LogP contribution in [-0.2, 0) is 14.8 Å². The summed E-state index contributed by atoms with van der Waals surface area (Å²) in [6.07, 6.45) is 7.86. The monoisotopic (exact) mass is 712 g/mol. The lowest BCUT2D eigenvalue weighted by Gasteiger charge is -2.33. The predicted molar refractivity (Wildman–Crippen MR) is 197 cm³/mol. The van der Waals surface area contributed by atoms with E-state index in [2.05, 4.69) is 20.9 Å². The molecule has 258 valence electrons. The van der Waals surface area contributed by atoms with Crippen molar-refractivity contribution in [3.05, 3.63) is 108 Å². The highest BCUT2D eigenvalue weighted by atomic mass is 35.5. The van der Waals surface area contributed by atoms with E-state index in [1.807, 2.05) is 31.1 Å². The van der Waals surface area contributed by atoms with Gasteiger partial charge in [-0.2, -0.15) is 0 Å². The van der Waals surface area contributed by atoms with Crippen LogP contribution in [-0.4, -0.2) is 83.9 Å². The quantitative estimate of drug-likeness (QED) is 0.146. The second kappa shape index (κ2) is 15.1. The van der Waals surface area contributed by atoms with Crippen molar-refractivity contribution in [1.29, 1.82) is 0 Å². The molecule has 1 fully saturated rings. The number of nitrogens with one attached hydrogen (secondary N) is 3. The Labute approximate surface area is 295 Å². The molecule has 6 rings (SSSR count). The Morgan fingerprint density at radius 2 is 1.68 bits per heavy atom. The zero-order chi connectivity index (χ0) is 35.3. The summed E-state index contributed by atoms with van der Waals surface area (Å²) in [7, 11) is -0.0500. The highest BCUT2D eigenvalue weighted by Crippen LogP contribution is 2.36. The van der Waals surface area contributed by atoms with Crippen molar-refractivity contribution in [2.45, 2.75) is 23.8 Å². The van der Waals surface area contributed by atoms with Crippen LogP contribution < -0.4 is 16.0 Å². The number of piperidine rings is 1. The molecule has 0 saturated carbocycles. The molecule has 1 aliphatic heterocycles. The summed E-state index contributed by atoms with van der Waals surface area (Å²) < 4.78 is 28.5. The smallest absolute Gasteiger partial charge is 0.321 e. The third kappa shape index (κ3) is 7.96. The summed E-state index contributed by atoms with van der Waals surface area (Å²) in [5, 5.41) is 10.0. The average Bonchev–Trinajstić information content (AvgIpc) is 3.51. The number of hydrogen-bond acceptors (Lipinski definition) is 8. The molecule has 3 N–H and O–H groups in total. The summed E-state index contributed by atoms with van der Waals surface area (Å²) in [6, 6.07) is 22.0. The van der Waals surface area contributed by atoms with Gasteiger partial charge in [-0.1, -0.05) is 54.1 Å². The standard InChI is InChI=1S/C36H37ClN8O4S/c1-43(2)20-9-15-33(46)39-25-16-18-26(19-17-25)41-36(47)44-21-8-10-27(23-44)40-35-38-22-31(37)34(42-35)30-24-45(32-14-7-6-13-29(30)32)50(48,49)28-11-4-3-5-12-28/h3-7,9,11-19,22,24,27H,8,10,20-21,23H2,1-2H3,(H,39,46)(H,41,47)(H,38,40,42). The first-order valence-corrected chi connectivity index (χ1v) is 17.9. The normalized spacial score (nSPS) is 15.0. The first-order chi connectivity index (χ1) is 24.1. The van der Waals surface area contributed by atoms with Crippen molar-refractivity contribution in [3.8, 4) is 11.3 Å². The van der Waals surface area contributed by atoms with Gasteiger partial charge in [-0.3, -0.25) is 4.79 Å². The molecule has 1 aliphatic rings. The Hall–Kier alpha value is -5.24. The second-order valence-electron chi connectivity index (χ2n) is 12.2. The minimum Gasteiger partial charge on any atom is -0.350 e. The Balaban J connectivity index is 1.13. The number of likely N-dealkylation sites (tertiary alicyclic amines) is 1. The number of anilines is 3. The van der Waals surface area contributed by atoms with Crippen LogP contribution in [0.15, 0.2) is 108 Å². The highest BCUT2D eigenvalue weighted by Gasteiger charge is 2.26. The number of urea groups is 1. The Kier molecular flexibility index (Phi) is 10.5. The Morgan fingerprint density at radius 1 is 0.980 bits per heavy atom. The van der Waals surface area contributed by atoms with E-state index in [9.17, 15) is 18.0 Å². The van der Waals surface area contributed by atoms with Gasteiger partial charge in [-0.05, 0) is 69.4 Å². The third-order valence-electron chi connectivity index (χ3n) is 8.16. The van der Waals surface area contributed by atoms with Gasteiger partial charge in [0.25, 0.3) is 10.0 Å². The van der Waals surface area contributed by atoms with Crippen molar-refractivity contribution in [1.82, 2.24) is 23.7 Å². The van der Waals surface area contributed by atoms with E-state index in [1.165, 1.54) is 16.2 Å². The fraction of sp³-hybridized carbons (Fsp3) is 0.222. The van der Waals surface area contributed by atoms with Crippen molar-refractivity contribution in [3.63, 3.8) is 0 Å². The summed E-state index contributed by atoms with van der Waals surface area (Å²) >= 11 is 6.62. The molecule has 12 nitrogen and oxygen atoms in total. The van der Waals surface area contributed by atoms with Gasteiger partial charge in [0, 0.05) is 60.3 Å². The number of aromatic nitrogens is 3. The number of para-hydroxylation sites is 1. The fourth-order valence-corrected chi connectivity index (χ4v) is 7.31. The fourth-order valence-electron chi connectivity index (χ4n) is 5.72. The lowest BCUT2D eigenvalue weighted by molar-refractivity contribution is -0.111. The molecule has 3 amide bonds. The van der Waals surface area contributed by atoms with Crippen LogP contribution >= 0.6 is 11.6 Å². The number of rotatable bonds is 10. The molecule has 3 aromatic carbocycles. The van der Waals surface area contributed by atoms with Crippen molar-refractivity contribution >= 4 is 61.8 Å². The summed E-state index contributed by atoms with van der Waals surface area (Å²) in [4.78, 5) is 38.3. The minimum atomic E-state index is -3.90. The van der Waals surface area contributed by atoms with Gasteiger partial charge in [0.15, 0.2) is 0 Å². The number of fused-ring (bicyclic) bond motifs is 1. The van der Waals surface area contributed by atoms with Gasteiger partial charge in [-0.15, -0.1) is 0 Å². The third-order valence-corrected chi connectivity index (χ3v) is 10.1. The van der Waals surface area contributed by atoms with Crippen LogP contribution in [0.2, 0.25) is 5.02 Å². The van der Waals surface area contributed by atoms with E-state index >= 15 is 0 Å². The molecule has 0 spiro atoms. The number of halogens is 1. The van der Waals surface area contributed by atoms with Crippen molar-refractivity contribution in [2.24, 2.45) is 0 Å². The summed E-state index contributed by atoms with van der Waals surface area (Å²) in [5.74, 6) is 0.0867. The van der Waals surface area contributed by atoms with Crippen LogP contribution in [0.3, 0.4) is 0 Å². The second-order valence-corrected chi connectivity index (χ2v) is 14.4. The van der Waals surface area contributed by atoms with Crippen LogP contribution in [0.4, 0.5) is 22.1 Å². The number of nitrogens with zero attached hydrogens (tertiary/aromatic N) is 5. The van der Waals surface area contributed by atoms with Crippen LogP contribution in [0, 0.1) is 0 Å². The number of hydrogen-bond donors (Lipinski definition) is 3. The largest absolute Gasteiger partial charge is 0.350 e. The molecule has 50 heavy (non-hydrogen) atoms. The lowest BCUT2D eigenvalue weighted by atomic mass is 10.1. The van der Waals surface area contributed by atoms with Crippen LogP contribution in [0.1, 0.15) is 12.8 Å². The van der Waals surface area contributed by atoms with Gasteiger partial charge in [0.05, 0.1) is 27.3 Å². The molecule has 0 aliphatic carbocycles. The van der Waals surface area contributed by atoms with Gasteiger partial charge >= 0.3 is 6.03 Å². The van der Waals surface area contributed by atoms with E-state index in [-0.39, 0.29) is 27.9 Å². The van der Waals surface area contributed by atoms with Gasteiger partial charge in [0.1, 0.15) is 0 Å². The number of carbonyl (C=O) groups is 2. The summed E-state index contributed by atoms with van der Waals surface area (Å²) in [6.45, 7) is 1.66. The van der Waals surface area contributed by atoms with E-state index < -0.39 is 10.0 Å². The number of likely N-dealkylation sites (N-methyl/N-ethyl adjacent to an activating group) is 1. The van der Waals surface area contributed by atoms with E-state index in [1.54, 1.807) is 83.9 Å². The molecule has 1 saturated heterocycles. The topological polar surface area (TPSA) is 142 Å². The first kappa shape index (κ1) is 34.6. The Bertz CT molecular complexity index is 2140.